The van der Waals surface area contributed by atoms with E-state index in [4.69, 9.17) is 21.1 Å². The molecule has 3 heterocycles. The van der Waals surface area contributed by atoms with Crippen molar-refractivity contribution in [2.75, 3.05) is 26.8 Å². The summed E-state index contributed by atoms with van der Waals surface area (Å²) in [7, 11) is 1.66. The third-order valence-electron chi connectivity index (χ3n) is 5.15. The second kappa shape index (κ2) is 7.20. The van der Waals surface area contributed by atoms with Crippen molar-refractivity contribution in [2.45, 2.75) is 31.5 Å². The van der Waals surface area contributed by atoms with Gasteiger partial charge >= 0.3 is 0 Å². The average Bonchev–Trinajstić information content (AvgIpc) is 3.33. The molecular weight excluding hydrogens is 373 g/mol. The molecule has 1 aliphatic heterocycles. The molecule has 0 bridgehead atoms. The SMILES string of the molecule is COCC(C)c1cnc(OC2CN(C(=O)C3CC3F)C2)c2cnc(Cl)cc12. The van der Waals surface area contributed by atoms with Gasteiger partial charge in [-0.15, -0.1) is 0 Å². The van der Waals surface area contributed by atoms with E-state index >= 15 is 0 Å². The van der Waals surface area contributed by atoms with E-state index in [9.17, 15) is 9.18 Å². The third kappa shape index (κ3) is 3.58. The number of carbonyl (C=O) groups is 1. The van der Waals surface area contributed by atoms with Crippen LogP contribution in [0.5, 0.6) is 5.88 Å². The molecule has 3 atom stereocenters. The van der Waals surface area contributed by atoms with Gasteiger partial charge in [-0.1, -0.05) is 18.5 Å². The van der Waals surface area contributed by atoms with Crippen molar-refractivity contribution >= 4 is 28.3 Å². The minimum absolute atomic E-state index is 0.114. The van der Waals surface area contributed by atoms with Crippen LogP contribution < -0.4 is 4.74 Å². The fourth-order valence-electron chi connectivity index (χ4n) is 3.44. The first kappa shape index (κ1) is 18.4. The number of fused-ring (bicyclic) bond motifs is 1. The second-order valence-electron chi connectivity index (χ2n) is 7.27. The van der Waals surface area contributed by atoms with Crippen LogP contribution in [0.1, 0.15) is 24.8 Å². The maximum atomic E-state index is 13.0. The van der Waals surface area contributed by atoms with Crippen LogP contribution in [0.3, 0.4) is 0 Å². The highest BCUT2D eigenvalue weighted by Crippen LogP contribution is 2.37. The molecule has 1 saturated heterocycles. The summed E-state index contributed by atoms with van der Waals surface area (Å²) < 4.78 is 24.3. The van der Waals surface area contributed by atoms with Crippen LogP contribution in [-0.2, 0) is 9.53 Å². The molecule has 0 spiro atoms. The summed E-state index contributed by atoms with van der Waals surface area (Å²) in [6.07, 6.45) is 2.65. The number of amides is 1. The van der Waals surface area contributed by atoms with Crippen LogP contribution in [0.4, 0.5) is 4.39 Å². The molecule has 6 nitrogen and oxygen atoms in total. The topological polar surface area (TPSA) is 64.6 Å². The van der Waals surface area contributed by atoms with Crippen molar-refractivity contribution in [1.29, 1.82) is 0 Å². The molecule has 27 heavy (non-hydrogen) atoms. The van der Waals surface area contributed by atoms with Gasteiger partial charge in [0.1, 0.15) is 17.4 Å². The van der Waals surface area contributed by atoms with Gasteiger partial charge in [0.05, 0.1) is 31.0 Å². The highest BCUT2D eigenvalue weighted by molar-refractivity contribution is 6.30. The fourth-order valence-corrected chi connectivity index (χ4v) is 3.60. The van der Waals surface area contributed by atoms with E-state index in [-0.39, 0.29) is 17.9 Å². The zero-order chi connectivity index (χ0) is 19.1. The maximum absolute atomic E-state index is 13.0. The van der Waals surface area contributed by atoms with Crippen molar-refractivity contribution in [3.63, 3.8) is 0 Å². The van der Waals surface area contributed by atoms with Crippen molar-refractivity contribution in [1.82, 2.24) is 14.9 Å². The van der Waals surface area contributed by atoms with Gasteiger partial charge in [-0.3, -0.25) is 4.79 Å². The summed E-state index contributed by atoms with van der Waals surface area (Å²) in [5.74, 6) is 0.0473. The summed E-state index contributed by atoms with van der Waals surface area (Å²) in [5.41, 5.74) is 1.01. The summed E-state index contributed by atoms with van der Waals surface area (Å²) in [6.45, 7) is 3.52. The summed E-state index contributed by atoms with van der Waals surface area (Å²) >= 11 is 6.09. The van der Waals surface area contributed by atoms with E-state index in [1.165, 1.54) is 0 Å². The van der Waals surface area contributed by atoms with E-state index in [0.29, 0.717) is 37.2 Å². The van der Waals surface area contributed by atoms with Gasteiger partial charge in [0, 0.05) is 25.4 Å². The normalized spacial score (nSPS) is 23.2. The zero-order valence-electron chi connectivity index (χ0n) is 15.2. The molecule has 1 aliphatic carbocycles. The lowest BCUT2D eigenvalue weighted by Gasteiger charge is -2.39. The molecule has 3 unspecified atom stereocenters. The Labute approximate surface area is 161 Å². The number of halogens is 2. The number of alkyl halides is 1. The molecule has 2 fully saturated rings. The number of pyridine rings is 2. The number of methoxy groups -OCH3 is 1. The van der Waals surface area contributed by atoms with Gasteiger partial charge < -0.3 is 14.4 Å². The Morgan fingerprint density at radius 3 is 2.78 bits per heavy atom. The quantitative estimate of drug-likeness (QED) is 0.706. The number of hydrogen-bond acceptors (Lipinski definition) is 5. The number of ether oxygens (including phenoxy) is 2. The maximum Gasteiger partial charge on any atom is 0.228 e. The van der Waals surface area contributed by atoms with Crippen molar-refractivity contribution in [3.8, 4) is 5.88 Å². The van der Waals surface area contributed by atoms with Crippen LogP contribution in [0.25, 0.3) is 10.8 Å². The Hall–Kier alpha value is -1.99. The van der Waals surface area contributed by atoms with Gasteiger partial charge in [0.2, 0.25) is 11.8 Å². The average molecular weight is 394 g/mol. The standard InChI is InChI=1S/C19H21ClFN3O3/c1-10(9-26-2)14-5-23-18(15-6-22-17(20)4-12(14)15)27-11-7-24(8-11)19(25)13-3-16(13)21/h4-6,10-11,13,16H,3,7-9H2,1-2H3. The Bertz CT molecular complexity index is 875. The second-order valence-corrected chi connectivity index (χ2v) is 7.66. The highest BCUT2D eigenvalue weighted by Gasteiger charge is 2.48. The predicted molar refractivity (Wildman–Crippen MR) is 98.8 cm³/mol. The van der Waals surface area contributed by atoms with Crippen molar-refractivity contribution < 1.29 is 18.7 Å². The van der Waals surface area contributed by atoms with Gasteiger partial charge in [0.15, 0.2) is 0 Å². The Morgan fingerprint density at radius 1 is 1.37 bits per heavy atom. The molecule has 4 rings (SSSR count). The van der Waals surface area contributed by atoms with Crippen LogP contribution in [0.15, 0.2) is 18.5 Å². The molecule has 2 aliphatic rings. The summed E-state index contributed by atoms with van der Waals surface area (Å²) in [4.78, 5) is 22.3. The predicted octanol–water partition coefficient (Wildman–Crippen LogP) is 2.98. The molecule has 0 N–H and O–H groups in total. The third-order valence-corrected chi connectivity index (χ3v) is 5.35. The van der Waals surface area contributed by atoms with Crippen LogP contribution in [0, 0.1) is 5.92 Å². The largest absolute Gasteiger partial charge is 0.470 e. The monoisotopic (exact) mass is 393 g/mol. The van der Waals surface area contributed by atoms with Crippen molar-refractivity contribution in [2.24, 2.45) is 5.92 Å². The summed E-state index contributed by atoms with van der Waals surface area (Å²) in [5, 5.41) is 2.10. The van der Waals surface area contributed by atoms with Gasteiger partial charge in [0.25, 0.3) is 0 Å². The smallest absolute Gasteiger partial charge is 0.228 e. The number of hydrogen-bond donors (Lipinski definition) is 0. The Balaban J connectivity index is 1.51. The number of aromatic nitrogens is 2. The fraction of sp³-hybridized carbons (Fsp3) is 0.526. The minimum atomic E-state index is -0.972. The Morgan fingerprint density at radius 2 is 2.11 bits per heavy atom. The number of likely N-dealkylation sites (tertiary alicyclic amines) is 1. The molecule has 1 saturated carbocycles. The lowest BCUT2D eigenvalue weighted by Crippen LogP contribution is -2.56. The highest BCUT2D eigenvalue weighted by atomic mass is 35.5. The Kier molecular flexibility index (Phi) is 4.90. The van der Waals surface area contributed by atoms with E-state index in [2.05, 4.69) is 16.9 Å². The first-order valence-corrected chi connectivity index (χ1v) is 9.38. The number of nitrogens with zero attached hydrogens (tertiary/aromatic N) is 3. The minimum Gasteiger partial charge on any atom is -0.470 e. The molecule has 8 heteroatoms. The van der Waals surface area contributed by atoms with Gasteiger partial charge in [-0.2, -0.15) is 0 Å². The lowest BCUT2D eigenvalue weighted by molar-refractivity contribution is -0.141. The van der Waals surface area contributed by atoms with Crippen LogP contribution in [-0.4, -0.2) is 59.9 Å². The van der Waals surface area contributed by atoms with E-state index < -0.39 is 12.1 Å². The number of rotatable bonds is 6. The molecule has 144 valence electrons. The first-order valence-electron chi connectivity index (χ1n) is 9.00. The van der Waals surface area contributed by atoms with Crippen LogP contribution in [0.2, 0.25) is 5.15 Å². The lowest BCUT2D eigenvalue weighted by atomic mass is 9.98. The molecule has 0 aromatic carbocycles. The van der Waals surface area contributed by atoms with Crippen LogP contribution >= 0.6 is 11.6 Å². The van der Waals surface area contributed by atoms with E-state index in [1.54, 1.807) is 30.5 Å². The molecule has 2 aromatic heterocycles. The molecule has 2 aromatic rings. The molecule has 1 amide bonds. The van der Waals surface area contributed by atoms with E-state index in [0.717, 1.165) is 16.3 Å². The zero-order valence-corrected chi connectivity index (χ0v) is 15.9. The molecule has 0 radical (unpaired) electrons. The van der Waals surface area contributed by atoms with Crippen molar-refractivity contribution in [3.05, 3.63) is 29.2 Å². The summed E-state index contributed by atoms with van der Waals surface area (Å²) in [6, 6.07) is 1.80. The van der Waals surface area contributed by atoms with Gasteiger partial charge in [-0.25, -0.2) is 14.4 Å². The molecular formula is C19H21ClFN3O3. The van der Waals surface area contributed by atoms with Gasteiger partial charge in [-0.05, 0) is 23.4 Å². The number of carbonyl (C=O) groups excluding carboxylic acids is 1. The van der Waals surface area contributed by atoms with E-state index in [1.807, 2.05) is 0 Å². The first-order chi connectivity index (χ1) is 13.0.